The fourth-order valence-electron chi connectivity index (χ4n) is 2.58. The van der Waals surface area contributed by atoms with Crippen molar-refractivity contribution in [3.8, 4) is 0 Å². The van der Waals surface area contributed by atoms with E-state index >= 15 is 0 Å². The summed E-state index contributed by atoms with van der Waals surface area (Å²) in [5, 5.41) is 0. The van der Waals surface area contributed by atoms with Crippen molar-refractivity contribution >= 4 is 0 Å². The molecule has 1 aliphatic rings. The van der Waals surface area contributed by atoms with Crippen molar-refractivity contribution < 1.29 is 0 Å². The fourth-order valence-corrected chi connectivity index (χ4v) is 2.58. The van der Waals surface area contributed by atoms with E-state index in [2.05, 4.69) is 11.1 Å². The number of pyridine rings is 1. The average Bonchev–Trinajstić information content (AvgIpc) is 2.71. The summed E-state index contributed by atoms with van der Waals surface area (Å²) in [5.74, 6) is 0.886. The molecular weight excluding hydrogens is 184 g/mol. The summed E-state index contributed by atoms with van der Waals surface area (Å²) in [4.78, 5) is 4.11. The molecule has 2 nitrogen and oxygen atoms in total. The normalized spacial score (nSPS) is 19.3. The molecule has 1 saturated carbocycles. The lowest BCUT2D eigenvalue weighted by Gasteiger charge is -2.15. The maximum Gasteiger partial charge on any atom is 0.0300 e. The second kappa shape index (κ2) is 5.26. The third-order valence-corrected chi connectivity index (χ3v) is 3.33. The number of aromatic nitrogens is 1. The van der Waals surface area contributed by atoms with Crippen molar-refractivity contribution in [1.82, 2.24) is 4.98 Å². The molecule has 2 heteroatoms. The third kappa shape index (κ3) is 3.31. The van der Waals surface area contributed by atoms with Crippen LogP contribution in [0.2, 0.25) is 0 Å². The highest BCUT2D eigenvalue weighted by Crippen LogP contribution is 2.28. The van der Waals surface area contributed by atoms with Crippen LogP contribution in [0.5, 0.6) is 0 Å². The van der Waals surface area contributed by atoms with Gasteiger partial charge in [0.05, 0.1) is 0 Å². The minimum atomic E-state index is 0.317. The average molecular weight is 204 g/mol. The quantitative estimate of drug-likeness (QED) is 0.818. The lowest BCUT2D eigenvalue weighted by Crippen LogP contribution is -2.25. The zero-order chi connectivity index (χ0) is 10.5. The third-order valence-electron chi connectivity index (χ3n) is 3.33. The van der Waals surface area contributed by atoms with Crippen LogP contribution in [0.3, 0.4) is 0 Å². The molecule has 0 spiro atoms. The Kier molecular flexibility index (Phi) is 3.73. The first-order valence-electron chi connectivity index (χ1n) is 5.99. The molecule has 1 aliphatic carbocycles. The summed E-state index contributed by atoms with van der Waals surface area (Å²) in [6.45, 7) is 0. The van der Waals surface area contributed by atoms with Gasteiger partial charge in [0.2, 0.25) is 0 Å². The molecule has 1 heterocycles. The van der Waals surface area contributed by atoms with Crippen molar-refractivity contribution in [3.05, 3.63) is 30.1 Å². The Labute approximate surface area is 91.9 Å². The second-order valence-electron chi connectivity index (χ2n) is 4.71. The number of hydrogen-bond donors (Lipinski definition) is 1. The first-order valence-corrected chi connectivity index (χ1v) is 5.99. The van der Waals surface area contributed by atoms with Crippen LogP contribution in [0, 0.1) is 5.92 Å². The maximum atomic E-state index is 6.16. The monoisotopic (exact) mass is 204 g/mol. The Morgan fingerprint density at radius 1 is 1.40 bits per heavy atom. The van der Waals surface area contributed by atoms with E-state index in [0.717, 1.165) is 12.3 Å². The molecule has 1 aromatic rings. The van der Waals surface area contributed by atoms with E-state index in [1.807, 2.05) is 18.5 Å². The summed E-state index contributed by atoms with van der Waals surface area (Å²) < 4.78 is 0. The predicted molar refractivity (Wildman–Crippen MR) is 62.5 cm³/mol. The molecule has 1 atom stereocenters. The van der Waals surface area contributed by atoms with Gasteiger partial charge in [-0.1, -0.05) is 31.7 Å². The number of rotatable bonds is 4. The lowest BCUT2D eigenvalue weighted by atomic mass is 9.95. The Morgan fingerprint density at radius 3 is 2.87 bits per heavy atom. The molecule has 0 radical (unpaired) electrons. The van der Waals surface area contributed by atoms with Crippen molar-refractivity contribution in [1.29, 1.82) is 0 Å². The zero-order valence-electron chi connectivity index (χ0n) is 9.23. The SMILES string of the molecule is NC(Cc1cccnc1)CC1CCCC1. The van der Waals surface area contributed by atoms with Crippen LogP contribution in [0.1, 0.15) is 37.7 Å². The molecule has 1 fully saturated rings. The van der Waals surface area contributed by atoms with Gasteiger partial charge in [0.1, 0.15) is 0 Å². The highest BCUT2D eigenvalue weighted by molar-refractivity contribution is 5.09. The molecule has 2 rings (SSSR count). The van der Waals surface area contributed by atoms with Crippen LogP contribution in [0.15, 0.2) is 24.5 Å². The molecule has 1 aromatic heterocycles. The Hall–Kier alpha value is -0.890. The Bertz CT molecular complexity index is 278. The van der Waals surface area contributed by atoms with Crippen LogP contribution < -0.4 is 5.73 Å². The van der Waals surface area contributed by atoms with Crippen molar-refractivity contribution in [2.45, 2.75) is 44.6 Å². The van der Waals surface area contributed by atoms with Gasteiger partial charge in [0.25, 0.3) is 0 Å². The molecule has 15 heavy (non-hydrogen) atoms. The van der Waals surface area contributed by atoms with Gasteiger partial charge in [-0.05, 0) is 30.4 Å². The van der Waals surface area contributed by atoms with Gasteiger partial charge in [-0.3, -0.25) is 4.98 Å². The lowest BCUT2D eigenvalue weighted by molar-refractivity contribution is 0.440. The van der Waals surface area contributed by atoms with E-state index in [4.69, 9.17) is 5.73 Å². The minimum absolute atomic E-state index is 0.317. The van der Waals surface area contributed by atoms with E-state index < -0.39 is 0 Å². The maximum absolute atomic E-state index is 6.16. The van der Waals surface area contributed by atoms with Crippen molar-refractivity contribution in [3.63, 3.8) is 0 Å². The molecule has 2 N–H and O–H groups in total. The molecule has 0 amide bonds. The highest BCUT2D eigenvalue weighted by atomic mass is 14.6. The van der Waals surface area contributed by atoms with E-state index in [9.17, 15) is 0 Å². The van der Waals surface area contributed by atoms with Gasteiger partial charge in [-0.2, -0.15) is 0 Å². The largest absolute Gasteiger partial charge is 0.327 e. The van der Waals surface area contributed by atoms with Crippen LogP contribution in [0.4, 0.5) is 0 Å². The minimum Gasteiger partial charge on any atom is -0.327 e. The van der Waals surface area contributed by atoms with Crippen molar-refractivity contribution in [2.24, 2.45) is 11.7 Å². The van der Waals surface area contributed by atoms with Gasteiger partial charge in [-0.15, -0.1) is 0 Å². The molecule has 0 aliphatic heterocycles. The first-order chi connectivity index (χ1) is 7.34. The molecule has 0 bridgehead atoms. The summed E-state index contributed by atoms with van der Waals surface area (Å²) in [5.41, 5.74) is 7.42. The van der Waals surface area contributed by atoms with Crippen LogP contribution in [-0.4, -0.2) is 11.0 Å². The van der Waals surface area contributed by atoms with Crippen LogP contribution in [-0.2, 0) is 6.42 Å². The molecule has 82 valence electrons. The number of hydrogen-bond acceptors (Lipinski definition) is 2. The van der Waals surface area contributed by atoms with Crippen LogP contribution in [0.25, 0.3) is 0 Å². The number of nitrogens with two attached hydrogens (primary N) is 1. The van der Waals surface area contributed by atoms with E-state index in [-0.39, 0.29) is 0 Å². The standard InChI is InChI=1S/C13H20N2/c14-13(8-11-4-1-2-5-11)9-12-6-3-7-15-10-12/h3,6-7,10-11,13H,1-2,4-5,8-9,14H2. The zero-order valence-corrected chi connectivity index (χ0v) is 9.23. The Balaban J connectivity index is 1.79. The van der Waals surface area contributed by atoms with Gasteiger partial charge in [0.15, 0.2) is 0 Å². The van der Waals surface area contributed by atoms with E-state index in [0.29, 0.717) is 6.04 Å². The smallest absolute Gasteiger partial charge is 0.0300 e. The molecule has 0 aromatic carbocycles. The Morgan fingerprint density at radius 2 is 2.20 bits per heavy atom. The fraction of sp³-hybridized carbons (Fsp3) is 0.615. The van der Waals surface area contributed by atoms with Gasteiger partial charge in [-0.25, -0.2) is 0 Å². The van der Waals surface area contributed by atoms with Crippen molar-refractivity contribution in [2.75, 3.05) is 0 Å². The highest BCUT2D eigenvalue weighted by Gasteiger charge is 2.18. The van der Waals surface area contributed by atoms with Gasteiger partial charge in [0, 0.05) is 18.4 Å². The summed E-state index contributed by atoms with van der Waals surface area (Å²) in [6, 6.07) is 4.41. The van der Waals surface area contributed by atoms with E-state index in [1.165, 1.54) is 37.7 Å². The first kappa shape index (κ1) is 10.6. The summed E-state index contributed by atoms with van der Waals surface area (Å²) >= 11 is 0. The molecule has 0 saturated heterocycles. The summed E-state index contributed by atoms with van der Waals surface area (Å²) in [6.07, 6.45) is 11.5. The van der Waals surface area contributed by atoms with Gasteiger partial charge < -0.3 is 5.73 Å². The predicted octanol–water partition coefficient (Wildman–Crippen LogP) is 2.53. The topological polar surface area (TPSA) is 38.9 Å². The second-order valence-corrected chi connectivity index (χ2v) is 4.71. The summed E-state index contributed by atoms with van der Waals surface area (Å²) in [7, 11) is 0. The van der Waals surface area contributed by atoms with Gasteiger partial charge >= 0.3 is 0 Å². The van der Waals surface area contributed by atoms with Crippen LogP contribution >= 0.6 is 0 Å². The molecular formula is C13H20N2. The molecule has 1 unspecified atom stereocenters. The van der Waals surface area contributed by atoms with E-state index in [1.54, 1.807) is 0 Å². The number of nitrogens with zero attached hydrogens (tertiary/aromatic N) is 1.